The van der Waals surface area contributed by atoms with Crippen molar-refractivity contribution in [1.82, 2.24) is 4.98 Å². The number of rotatable bonds is 2. The number of phenolic OH excluding ortho intramolecular Hbond substituents is 1. The molecule has 3 aromatic rings. The second-order valence-electron chi connectivity index (χ2n) is 4.28. The zero-order valence-corrected chi connectivity index (χ0v) is 10.2. The Morgan fingerprint density at radius 2 is 2.00 bits per heavy atom. The minimum atomic E-state index is -1.11. The third-order valence-electron chi connectivity index (χ3n) is 2.89. The molecule has 100 valence electrons. The molecule has 6 nitrogen and oxygen atoms in total. The number of nitrogens with two attached hydrogens (primary N) is 1. The number of hydrogen-bond donors (Lipinski definition) is 3. The van der Waals surface area contributed by atoms with Gasteiger partial charge in [-0.3, -0.25) is 0 Å². The molecule has 0 aliphatic rings. The molecule has 0 fully saturated rings. The molecule has 6 heteroatoms. The molecular formula is C14H10N2O4. The Morgan fingerprint density at radius 3 is 2.70 bits per heavy atom. The van der Waals surface area contributed by atoms with Gasteiger partial charge >= 0.3 is 5.97 Å². The summed E-state index contributed by atoms with van der Waals surface area (Å²) in [4.78, 5) is 15.0. The van der Waals surface area contributed by atoms with Gasteiger partial charge in [0.25, 0.3) is 0 Å². The number of carboxylic acid groups (broad SMARTS) is 1. The molecule has 0 saturated heterocycles. The lowest BCUT2D eigenvalue weighted by atomic mass is 10.1. The second-order valence-corrected chi connectivity index (χ2v) is 4.28. The third-order valence-corrected chi connectivity index (χ3v) is 2.89. The number of benzene rings is 2. The van der Waals surface area contributed by atoms with E-state index in [1.807, 2.05) is 0 Å². The number of hydrogen-bond acceptors (Lipinski definition) is 5. The number of nitrogen functional groups attached to an aromatic ring is 1. The number of aromatic nitrogens is 1. The second kappa shape index (κ2) is 4.27. The molecule has 0 atom stereocenters. The molecule has 20 heavy (non-hydrogen) atoms. The Kier molecular flexibility index (Phi) is 2.57. The first-order valence-corrected chi connectivity index (χ1v) is 5.77. The fourth-order valence-electron chi connectivity index (χ4n) is 1.90. The van der Waals surface area contributed by atoms with Crippen LogP contribution in [0.1, 0.15) is 10.4 Å². The van der Waals surface area contributed by atoms with E-state index in [0.717, 1.165) is 6.07 Å². The molecule has 1 aromatic heterocycles. The summed E-state index contributed by atoms with van der Waals surface area (Å²) in [5.41, 5.74) is 7.62. The highest BCUT2D eigenvalue weighted by atomic mass is 16.4. The van der Waals surface area contributed by atoms with E-state index in [1.54, 1.807) is 18.2 Å². The molecule has 2 aromatic carbocycles. The van der Waals surface area contributed by atoms with Gasteiger partial charge in [0.05, 0.1) is 11.1 Å². The summed E-state index contributed by atoms with van der Waals surface area (Å²) >= 11 is 0. The first kappa shape index (κ1) is 12.0. The number of fused-ring (bicyclic) bond motifs is 1. The zero-order chi connectivity index (χ0) is 14.3. The lowest BCUT2D eigenvalue weighted by Crippen LogP contribution is -1.95. The van der Waals surface area contributed by atoms with E-state index in [4.69, 9.17) is 15.3 Å². The predicted molar refractivity (Wildman–Crippen MR) is 72.5 cm³/mol. The molecule has 3 rings (SSSR count). The Morgan fingerprint density at radius 1 is 1.20 bits per heavy atom. The van der Waals surface area contributed by atoms with Crippen LogP contribution in [0.5, 0.6) is 5.75 Å². The van der Waals surface area contributed by atoms with Crippen LogP contribution in [0.3, 0.4) is 0 Å². The minimum absolute atomic E-state index is 0.00777. The van der Waals surface area contributed by atoms with Gasteiger partial charge in [-0.15, -0.1) is 0 Å². The van der Waals surface area contributed by atoms with Crippen molar-refractivity contribution >= 4 is 22.8 Å². The van der Waals surface area contributed by atoms with Gasteiger partial charge in [0.15, 0.2) is 5.58 Å². The number of carbonyl (C=O) groups is 1. The summed E-state index contributed by atoms with van der Waals surface area (Å²) in [6.45, 7) is 0. The lowest BCUT2D eigenvalue weighted by Gasteiger charge is -2.01. The van der Waals surface area contributed by atoms with Crippen molar-refractivity contribution in [3.63, 3.8) is 0 Å². The minimum Gasteiger partial charge on any atom is -0.507 e. The number of aromatic carboxylic acids is 1. The smallest absolute Gasteiger partial charge is 0.335 e. The Balaban J connectivity index is 2.13. The number of anilines is 1. The van der Waals surface area contributed by atoms with E-state index < -0.39 is 5.97 Å². The highest BCUT2D eigenvalue weighted by Gasteiger charge is 2.14. The summed E-state index contributed by atoms with van der Waals surface area (Å²) < 4.78 is 5.52. The van der Waals surface area contributed by atoms with Gasteiger partial charge in [0, 0.05) is 11.8 Å². The number of carboxylic acids is 1. The van der Waals surface area contributed by atoms with Crippen LogP contribution in [0.2, 0.25) is 0 Å². The first-order chi connectivity index (χ1) is 9.54. The average Bonchev–Trinajstić information content (AvgIpc) is 2.80. The molecule has 0 spiro atoms. The van der Waals surface area contributed by atoms with E-state index in [-0.39, 0.29) is 17.2 Å². The van der Waals surface area contributed by atoms with E-state index >= 15 is 0 Å². The van der Waals surface area contributed by atoms with Crippen molar-refractivity contribution in [3.8, 4) is 17.2 Å². The molecule has 0 amide bonds. The maximum Gasteiger partial charge on any atom is 0.335 e. The van der Waals surface area contributed by atoms with Crippen LogP contribution in [-0.4, -0.2) is 21.2 Å². The number of oxazole rings is 1. The van der Waals surface area contributed by atoms with E-state index in [2.05, 4.69) is 4.98 Å². The van der Waals surface area contributed by atoms with Crippen LogP contribution < -0.4 is 5.73 Å². The van der Waals surface area contributed by atoms with Gasteiger partial charge in [0.1, 0.15) is 11.3 Å². The summed E-state index contributed by atoms with van der Waals surface area (Å²) in [5, 5.41) is 18.7. The van der Waals surface area contributed by atoms with Crippen LogP contribution in [0.15, 0.2) is 40.8 Å². The van der Waals surface area contributed by atoms with Crippen molar-refractivity contribution in [3.05, 3.63) is 42.0 Å². The van der Waals surface area contributed by atoms with Crippen molar-refractivity contribution < 1.29 is 19.4 Å². The summed E-state index contributed by atoms with van der Waals surface area (Å²) in [5.74, 6) is -1.11. The van der Waals surface area contributed by atoms with Crippen molar-refractivity contribution in [2.75, 3.05) is 5.73 Å². The van der Waals surface area contributed by atoms with Crippen molar-refractivity contribution in [2.24, 2.45) is 0 Å². The topological polar surface area (TPSA) is 110 Å². The standard InChI is InChI=1S/C14H10N2O4/c15-8-2-4-10-12(6-8)20-13(16-10)9-3-1-7(14(18)19)5-11(9)17/h1-6,17H,15H2,(H,18,19). The number of nitrogens with zero attached hydrogens (tertiary/aromatic N) is 1. The molecule has 0 aliphatic heterocycles. The molecule has 0 bridgehead atoms. The fourth-order valence-corrected chi connectivity index (χ4v) is 1.90. The van der Waals surface area contributed by atoms with Crippen LogP contribution in [0.4, 0.5) is 5.69 Å². The molecule has 0 aliphatic carbocycles. The summed E-state index contributed by atoms with van der Waals surface area (Å²) in [6.07, 6.45) is 0. The van der Waals surface area contributed by atoms with Crippen molar-refractivity contribution in [1.29, 1.82) is 0 Å². The first-order valence-electron chi connectivity index (χ1n) is 5.77. The zero-order valence-electron chi connectivity index (χ0n) is 10.2. The van der Waals surface area contributed by atoms with Gasteiger partial charge < -0.3 is 20.4 Å². The number of aromatic hydroxyl groups is 1. The fraction of sp³-hybridized carbons (Fsp3) is 0. The van der Waals surface area contributed by atoms with E-state index in [1.165, 1.54) is 12.1 Å². The van der Waals surface area contributed by atoms with Gasteiger partial charge in [-0.2, -0.15) is 0 Å². The van der Waals surface area contributed by atoms with E-state index in [0.29, 0.717) is 22.4 Å². The van der Waals surface area contributed by atoms with Gasteiger partial charge in [0.2, 0.25) is 5.89 Å². The van der Waals surface area contributed by atoms with Crippen LogP contribution >= 0.6 is 0 Å². The predicted octanol–water partition coefficient (Wildman–Crippen LogP) is 2.48. The number of phenols is 1. The van der Waals surface area contributed by atoms with Crippen LogP contribution in [0.25, 0.3) is 22.6 Å². The highest BCUT2D eigenvalue weighted by molar-refractivity contribution is 5.89. The summed E-state index contributed by atoms with van der Waals surface area (Å²) in [7, 11) is 0. The lowest BCUT2D eigenvalue weighted by molar-refractivity contribution is 0.0696. The Bertz CT molecular complexity index is 823. The third kappa shape index (κ3) is 1.93. The molecular weight excluding hydrogens is 260 g/mol. The van der Waals surface area contributed by atoms with Crippen LogP contribution in [-0.2, 0) is 0 Å². The maximum atomic E-state index is 10.8. The molecule has 1 heterocycles. The largest absolute Gasteiger partial charge is 0.507 e. The molecule has 0 saturated carbocycles. The van der Waals surface area contributed by atoms with Crippen molar-refractivity contribution in [2.45, 2.75) is 0 Å². The Hall–Kier alpha value is -3.02. The normalized spacial score (nSPS) is 10.8. The average molecular weight is 270 g/mol. The van der Waals surface area contributed by atoms with Gasteiger partial charge in [-0.05, 0) is 30.3 Å². The quantitative estimate of drug-likeness (QED) is 0.617. The van der Waals surface area contributed by atoms with Crippen LogP contribution in [0, 0.1) is 0 Å². The molecule has 0 unspecified atom stereocenters. The maximum absolute atomic E-state index is 10.8. The molecule has 4 N–H and O–H groups in total. The Labute approximate surface area is 113 Å². The monoisotopic (exact) mass is 270 g/mol. The molecule has 0 radical (unpaired) electrons. The summed E-state index contributed by atoms with van der Waals surface area (Å²) in [6, 6.07) is 9.02. The highest BCUT2D eigenvalue weighted by Crippen LogP contribution is 2.32. The SMILES string of the molecule is Nc1ccc2nc(-c3ccc(C(=O)O)cc3O)oc2c1. The van der Waals surface area contributed by atoms with Gasteiger partial charge in [-0.25, -0.2) is 9.78 Å². The van der Waals surface area contributed by atoms with Gasteiger partial charge in [-0.1, -0.05) is 0 Å². The van der Waals surface area contributed by atoms with E-state index in [9.17, 15) is 9.90 Å².